The van der Waals surface area contributed by atoms with Crippen molar-refractivity contribution in [1.82, 2.24) is 0 Å². The van der Waals surface area contributed by atoms with Crippen molar-refractivity contribution in [2.75, 3.05) is 19.0 Å². The SMILES string of the molecule is O=C(O)c1ccc2c(c1)SCC21OCCO1. The summed E-state index contributed by atoms with van der Waals surface area (Å²) in [7, 11) is 0. The highest BCUT2D eigenvalue weighted by Gasteiger charge is 2.44. The first-order chi connectivity index (χ1) is 7.71. The molecule has 0 aromatic heterocycles. The minimum Gasteiger partial charge on any atom is -0.478 e. The number of carboxylic acids is 1. The molecule has 0 aliphatic carbocycles. The highest BCUT2D eigenvalue weighted by Crippen LogP contribution is 2.47. The second-order valence-electron chi connectivity index (χ2n) is 3.75. The average Bonchev–Trinajstić information content (AvgIpc) is 2.88. The Morgan fingerprint density at radius 3 is 2.81 bits per heavy atom. The first kappa shape index (κ1) is 10.1. The molecule has 16 heavy (non-hydrogen) atoms. The van der Waals surface area contributed by atoms with E-state index in [9.17, 15) is 4.79 Å². The molecule has 2 heterocycles. The first-order valence-corrected chi connectivity index (χ1v) is 5.98. The van der Waals surface area contributed by atoms with Gasteiger partial charge in [0.2, 0.25) is 5.79 Å². The number of ether oxygens (including phenoxy) is 2. The maximum atomic E-state index is 10.8. The monoisotopic (exact) mass is 238 g/mol. The van der Waals surface area contributed by atoms with Gasteiger partial charge in [0.15, 0.2) is 0 Å². The van der Waals surface area contributed by atoms with Gasteiger partial charge in [-0.2, -0.15) is 0 Å². The molecule has 0 bridgehead atoms. The second kappa shape index (κ2) is 3.48. The fourth-order valence-corrected chi connectivity index (χ4v) is 3.29. The molecule has 1 spiro atoms. The van der Waals surface area contributed by atoms with Gasteiger partial charge in [-0.15, -0.1) is 11.8 Å². The van der Waals surface area contributed by atoms with Gasteiger partial charge in [0.25, 0.3) is 0 Å². The quantitative estimate of drug-likeness (QED) is 0.806. The summed E-state index contributed by atoms with van der Waals surface area (Å²) in [6.07, 6.45) is 0. The van der Waals surface area contributed by atoms with Gasteiger partial charge in [-0.05, 0) is 12.1 Å². The molecule has 1 N–H and O–H groups in total. The lowest BCUT2D eigenvalue weighted by molar-refractivity contribution is -0.144. The van der Waals surface area contributed by atoms with Crippen LogP contribution in [0.1, 0.15) is 15.9 Å². The van der Waals surface area contributed by atoms with Gasteiger partial charge in [-0.3, -0.25) is 0 Å². The summed E-state index contributed by atoms with van der Waals surface area (Å²) >= 11 is 1.58. The number of hydrogen-bond donors (Lipinski definition) is 1. The topological polar surface area (TPSA) is 55.8 Å². The van der Waals surface area contributed by atoms with E-state index in [0.29, 0.717) is 24.5 Å². The van der Waals surface area contributed by atoms with Gasteiger partial charge >= 0.3 is 5.97 Å². The van der Waals surface area contributed by atoms with Crippen molar-refractivity contribution in [1.29, 1.82) is 0 Å². The minimum absolute atomic E-state index is 0.307. The van der Waals surface area contributed by atoms with E-state index in [-0.39, 0.29) is 0 Å². The van der Waals surface area contributed by atoms with Crippen LogP contribution < -0.4 is 0 Å². The molecule has 0 unspecified atom stereocenters. The molecule has 2 aliphatic rings. The molecular weight excluding hydrogens is 228 g/mol. The van der Waals surface area contributed by atoms with E-state index in [1.807, 2.05) is 0 Å². The summed E-state index contributed by atoms with van der Waals surface area (Å²) in [5.41, 5.74) is 1.27. The summed E-state index contributed by atoms with van der Waals surface area (Å²) in [5, 5.41) is 8.90. The van der Waals surface area contributed by atoms with Crippen LogP contribution in [-0.2, 0) is 15.3 Å². The molecule has 84 valence electrons. The van der Waals surface area contributed by atoms with Crippen molar-refractivity contribution < 1.29 is 19.4 Å². The average molecular weight is 238 g/mol. The van der Waals surface area contributed by atoms with Gasteiger partial charge in [0, 0.05) is 10.5 Å². The molecule has 0 atom stereocenters. The van der Waals surface area contributed by atoms with Crippen LogP contribution in [0.3, 0.4) is 0 Å². The predicted octanol–water partition coefficient (Wildman–Crippen LogP) is 1.69. The summed E-state index contributed by atoms with van der Waals surface area (Å²) in [4.78, 5) is 11.8. The highest BCUT2D eigenvalue weighted by atomic mass is 32.2. The summed E-state index contributed by atoms with van der Waals surface area (Å²) < 4.78 is 11.3. The number of thioether (sulfide) groups is 1. The molecule has 0 amide bonds. The fraction of sp³-hybridized carbons (Fsp3) is 0.364. The third-order valence-corrected chi connectivity index (χ3v) is 3.98. The number of carboxylic acid groups (broad SMARTS) is 1. The van der Waals surface area contributed by atoms with Crippen LogP contribution in [0.5, 0.6) is 0 Å². The largest absolute Gasteiger partial charge is 0.478 e. The van der Waals surface area contributed by atoms with Gasteiger partial charge in [0.1, 0.15) is 0 Å². The van der Waals surface area contributed by atoms with E-state index < -0.39 is 11.8 Å². The lowest BCUT2D eigenvalue weighted by Crippen LogP contribution is -2.26. The van der Waals surface area contributed by atoms with E-state index in [2.05, 4.69) is 0 Å². The Bertz CT molecular complexity index is 451. The van der Waals surface area contributed by atoms with Crippen LogP contribution in [0.15, 0.2) is 23.1 Å². The Morgan fingerprint density at radius 2 is 2.12 bits per heavy atom. The summed E-state index contributed by atoms with van der Waals surface area (Å²) in [6, 6.07) is 5.08. The van der Waals surface area contributed by atoms with Crippen molar-refractivity contribution in [3.8, 4) is 0 Å². The number of rotatable bonds is 1. The molecule has 0 radical (unpaired) electrons. The lowest BCUT2D eigenvalue weighted by Gasteiger charge is -2.21. The molecular formula is C11H10O4S. The van der Waals surface area contributed by atoms with E-state index in [1.165, 1.54) is 0 Å². The number of aromatic carboxylic acids is 1. The summed E-state index contributed by atoms with van der Waals surface area (Å²) in [5.74, 6) is -0.833. The zero-order chi connectivity index (χ0) is 11.2. The molecule has 4 nitrogen and oxygen atoms in total. The van der Waals surface area contributed by atoms with E-state index >= 15 is 0 Å². The lowest BCUT2D eigenvalue weighted by atomic mass is 10.1. The van der Waals surface area contributed by atoms with E-state index in [1.54, 1.807) is 30.0 Å². The third-order valence-electron chi connectivity index (χ3n) is 2.81. The maximum Gasteiger partial charge on any atom is 0.335 e. The van der Waals surface area contributed by atoms with Crippen molar-refractivity contribution in [3.63, 3.8) is 0 Å². The van der Waals surface area contributed by atoms with Gasteiger partial charge in [-0.25, -0.2) is 4.79 Å². The Hall–Kier alpha value is -1.04. The van der Waals surface area contributed by atoms with Crippen LogP contribution in [0.25, 0.3) is 0 Å². The Labute approximate surface area is 96.6 Å². The van der Waals surface area contributed by atoms with Crippen LogP contribution >= 0.6 is 11.8 Å². The van der Waals surface area contributed by atoms with Gasteiger partial charge in [-0.1, -0.05) is 6.07 Å². The van der Waals surface area contributed by atoms with Crippen LogP contribution in [-0.4, -0.2) is 30.0 Å². The van der Waals surface area contributed by atoms with E-state index in [0.717, 1.165) is 10.5 Å². The fourth-order valence-electron chi connectivity index (χ4n) is 2.03. The van der Waals surface area contributed by atoms with Crippen molar-refractivity contribution in [2.45, 2.75) is 10.7 Å². The zero-order valence-electron chi connectivity index (χ0n) is 8.43. The molecule has 3 rings (SSSR count). The standard InChI is InChI=1S/C11H10O4S/c12-10(13)7-1-2-8-9(5-7)16-6-11(8)14-3-4-15-11/h1-2,5H,3-4,6H2,(H,12,13). The number of benzene rings is 1. The van der Waals surface area contributed by atoms with Crippen LogP contribution in [0.4, 0.5) is 0 Å². The first-order valence-electron chi connectivity index (χ1n) is 5.00. The minimum atomic E-state index is -0.905. The Morgan fingerprint density at radius 1 is 1.38 bits per heavy atom. The van der Waals surface area contributed by atoms with Crippen molar-refractivity contribution >= 4 is 17.7 Å². The van der Waals surface area contributed by atoms with Crippen molar-refractivity contribution in [3.05, 3.63) is 29.3 Å². The highest BCUT2D eigenvalue weighted by molar-refractivity contribution is 7.99. The zero-order valence-corrected chi connectivity index (χ0v) is 9.25. The maximum absolute atomic E-state index is 10.8. The number of hydrogen-bond acceptors (Lipinski definition) is 4. The number of carbonyl (C=O) groups is 1. The molecule has 1 aromatic carbocycles. The normalized spacial score (nSPS) is 21.2. The Balaban J connectivity index is 2.05. The molecule has 0 saturated carbocycles. The Kier molecular flexibility index (Phi) is 2.20. The van der Waals surface area contributed by atoms with Crippen LogP contribution in [0, 0.1) is 0 Å². The van der Waals surface area contributed by atoms with E-state index in [4.69, 9.17) is 14.6 Å². The predicted molar refractivity (Wildman–Crippen MR) is 57.7 cm³/mol. The summed E-state index contributed by atoms with van der Waals surface area (Å²) in [6.45, 7) is 1.20. The van der Waals surface area contributed by atoms with Gasteiger partial charge in [0.05, 0.1) is 24.5 Å². The third kappa shape index (κ3) is 1.36. The molecule has 5 heteroatoms. The van der Waals surface area contributed by atoms with Crippen LogP contribution in [0.2, 0.25) is 0 Å². The molecule has 1 saturated heterocycles. The van der Waals surface area contributed by atoms with Crippen molar-refractivity contribution in [2.24, 2.45) is 0 Å². The molecule has 2 aliphatic heterocycles. The number of fused-ring (bicyclic) bond motifs is 2. The molecule has 1 fully saturated rings. The molecule has 1 aromatic rings. The smallest absolute Gasteiger partial charge is 0.335 e. The van der Waals surface area contributed by atoms with Gasteiger partial charge < -0.3 is 14.6 Å². The second-order valence-corrected chi connectivity index (χ2v) is 4.77.